The van der Waals surface area contributed by atoms with E-state index in [1.807, 2.05) is 41.1 Å². The summed E-state index contributed by atoms with van der Waals surface area (Å²) in [5.41, 5.74) is 1.96. The molecule has 0 aliphatic rings. The largest absolute Gasteiger partial charge is 0.462 e. The van der Waals surface area contributed by atoms with Gasteiger partial charge in [0.2, 0.25) is 0 Å². The molecule has 0 fully saturated rings. The van der Waals surface area contributed by atoms with Gasteiger partial charge in [0.15, 0.2) is 0 Å². The number of aromatic nitrogens is 1. The number of esters is 1. The molecule has 0 radical (unpaired) electrons. The van der Waals surface area contributed by atoms with E-state index in [1.54, 1.807) is 13.0 Å². The van der Waals surface area contributed by atoms with E-state index in [-0.39, 0.29) is 12.2 Å². The maximum atomic E-state index is 12.0. The van der Waals surface area contributed by atoms with Crippen molar-refractivity contribution < 1.29 is 9.53 Å². The molecular weight excluding hydrogens is 360 g/mol. The number of hydrogen-bond acceptors (Lipinski definition) is 3. The third-order valence-corrected chi connectivity index (χ3v) is 4.97. The van der Waals surface area contributed by atoms with Gasteiger partial charge in [-0.25, -0.2) is 4.79 Å². The highest BCUT2D eigenvalue weighted by Gasteiger charge is 2.12. The molecule has 0 aliphatic carbocycles. The zero-order valence-corrected chi connectivity index (χ0v) is 16.1. The Kier molecular flexibility index (Phi) is 5.13. The Morgan fingerprint density at radius 3 is 2.52 bits per heavy atom. The van der Waals surface area contributed by atoms with E-state index in [0.29, 0.717) is 6.54 Å². The summed E-state index contributed by atoms with van der Waals surface area (Å²) in [6.45, 7) is 2.59. The van der Waals surface area contributed by atoms with Crippen LogP contribution >= 0.6 is 0 Å². The number of carbonyl (C=O) groups excluding carboxylic acids is 1. The molecule has 142 valence electrons. The van der Waals surface area contributed by atoms with Gasteiger partial charge in [-0.15, -0.1) is 0 Å². The lowest BCUT2D eigenvalue weighted by Crippen LogP contribution is -2.07. The van der Waals surface area contributed by atoms with E-state index >= 15 is 0 Å². The van der Waals surface area contributed by atoms with Crippen LogP contribution in [0, 0.1) is 11.3 Å². The molecule has 0 spiro atoms. The maximum absolute atomic E-state index is 12.0. The highest BCUT2D eigenvalue weighted by atomic mass is 16.5. The highest BCUT2D eigenvalue weighted by molar-refractivity contribution is 6.09. The molecule has 1 aromatic heterocycles. The van der Waals surface area contributed by atoms with Gasteiger partial charge in [0.25, 0.3) is 0 Å². The topological polar surface area (TPSA) is 55.0 Å². The quantitative estimate of drug-likeness (QED) is 0.204. The molecule has 3 aromatic carbocycles. The van der Waals surface area contributed by atoms with Crippen LogP contribution in [0.3, 0.4) is 0 Å². The van der Waals surface area contributed by atoms with Crippen LogP contribution in [0.5, 0.6) is 0 Å². The van der Waals surface area contributed by atoms with E-state index in [9.17, 15) is 10.1 Å². The number of benzene rings is 3. The number of fused-ring (bicyclic) bond motifs is 3. The number of rotatable bonds is 5. The van der Waals surface area contributed by atoms with Crippen molar-refractivity contribution >= 4 is 33.6 Å². The monoisotopic (exact) mass is 380 g/mol. The fourth-order valence-electron chi connectivity index (χ4n) is 3.64. The van der Waals surface area contributed by atoms with Gasteiger partial charge in [0.05, 0.1) is 6.61 Å². The maximum Gasteiger partial charge on any atom is 0.348 e. The zero-order chi connectivity index (χ0) is 20.2. The minimum absolute atomic E-state index is 0.00447. The van der Waals surface area contributed by atoms with E-state index < -0.39 is 5.97 Å². The third kappa shape index (κ3) is 3.63. The molecule has 4 aromatic rings. The van der Waals surface area contributed by atoms with Crippen molar-refractivity contribution in [2.75, 3.05) is 6.61 Å². The van der Waals surface area contributed by atoms with Gasteiger partial charge >= 0.3 is 5.97 Å². The lowest BCUT2D eigenvalue weighted by Gasteiger charge is -2.13. The van der Waals surface area contributed by atoms with Crippen LogP contribution in [0.1, 0.15) is 18.2 Å². The molecular formula is C25H20N2O2. The highest BCUT2D eigenvalue weighted by Crippen LogP contribution is 2.29. The molecule has 0 saturated heterocycles. The molecule has 29 heavy (non-hydrogen) atoms. The fourth-order valence-corrected chi connectivity index (χ4v) is 3.64. The number of hydrogen-bond donors (Lipinski definition) is 0. The first-order valence-electron chi connectivity index (χ1n) is 9.54. The molecule has 4 rings (SSSR count). The Labute approximate surface area is 169 Å². The summed E-state index contributed by atoms with van der Waals surface area (Å²) in [6, 6.07) is 24.7. The summed E-state index contributed by atoms with van der Waals surface area (Å²) in [5.74, 6) is -0.598. The van der Waals surface area contributed by atoms with Crippen LogP contribution < -0.4 is 0 Å². The predicted octanol–water partition coefficient (Wildman–Crippen LogP) is 5.31. The average Bonchev–Trinajstić information content (AvgIpc) is 3.19. The van der Waals surface area contributed by atoms with Crippen molar-refractivity contribution in [3.63, 3.8) is 0 Å². The van der Waals surface area contributed by atoms with E-state index in [2.05, 4.69) is 42.5 Å². The third-order valence-electron chi connectivity index (χ3n) is 4.97. The minimum atomic E-state index is -0.598. The van der Waals surface area contributed by atoms with Crippen molar-refractivity contribution in [1.29, 1.82) is 5.26 Å². The average molecular weight is 380 g/mol. The lowest BCUT2D eigenvalue weighted by molar-refractivity contribution is -0.137. The van der Waals surface area contributed by atoms with Gasteiger partial charge in [-0.1, -0.05) is 48.5 Å². The molecule has 0 amide bonds. The van der Waals surface area contributed by atoms with Crippen LogP contribution in [0.25, 0.3) is 27.6 Å². The van der Waals surface area contributed by atoms with Gasteiger partial charge < -0.3 is 9.30 Å². The molecule has 0 saturated carbocycles. The summed E-state index contributed by atoms with van der Waals surface area (Å²) in [4.78, 5) is 12.0. The fraction of sp³-hybridized carbons (Fsp3) is 0.120. The summed E-state index contributed by atoms with van der Waals surface area (Å²) >= 11 is 0. The molecule has 0 N–H and O–H groups in total. The van der Waals surface area contributed by atoms with Crippen LogP contribution in [0.2, 0.25) is 0 Å². The first-order valence-corrected chi connectivity index (χ1v) is 9.54. The van der Waals surface area contributed by atoms with Crippen LogP contribution in [0.15, 0.2) is 78.5 Å². The van der Waals surface area contributed by atoms with E-state index in [4.69, 9.17) is 4.74 Å². The SMILES string of the molecule is CCOC(=O)/C(C#N)=C/c1cccn1Cc1cc2ccccc2c2ccccc12. The minimum Gasteiger partial charge on any atom is -0.462 e. The van der Waals surface area contributed by atoms with Gasteiger partial charge in [-0.05, 0) is 58.3 Å². The van der Waals surface area contributed by atoms with Crippen LogP contribution in [-0.4, -0.2) is 17.1 Å². The summed E-state index contributed by atoms with van der Waals surface area (Å²) in [6.07, 6.45) is 3.54. The van der Waals surface area contributed by atoms with Crippen molar-refractivity contribution in [2.45, 2.75) is 13.5 Å². The Morgan fingerprint density at radius 2 is 1.76 bits per heavy atom. The van der Waals surface area contributed by atoms with Crippen molar-refractivity contribution in [3.8, 4) is 6.07 Å². The second kappa shape index (κ2) is 8.04. The smallest absolute Gasteiger partial charge is 0.348 e. The summed E-state index contributed by atoms with van der Waals surface area (Å²) < 4.78 is 7.00. The van der Waals surface area contributed by atoms with E-state index in [0.717, 1.165) is 5.69 Å². The van der Waals surface area contributed by atoms with Crippen molar-refractivity contribution in [3.05, 3.63) is 89.8 Å². The standard InChI is InChI=1S/C25H20N2O2/c1-2-29-25(28)19(16-26)15-21-9-7-13-27(21)17-20-14-18-8-3-4-10-22(18)24-12-6-5-11-23(20)24/h3-15H,2,17H2,1H3/b19-15+. The van der Waals surface area contributed by atoms with Gasteiger partial charge in [0.1, 0.15) is 11.6 Å². The molecule has 1 heterocycles. The molecule has 0 atom stereocenters. The Bertz CT molecular complexity index is 1270. The van der Waals surface area contributed by atoms with Crippen molar-refractivity contribution in [1.82, 2.24) is 4.57 Å². The van der Waals surface area contributed by atoms with Crippen LogP contribution in [-0.2, 0) is 16.1 Å². The lowest BCUT2D eigenvalue weighted by atomic mass is 9.97. The number of carbonyl (C=O) groups is 1. The second-order valence-corrected chi connectivity index (χ2v) is 6.75. The van der Waals surface area contributed by atoms with E-state index in [1.165, 1.54) is 27.1 Å². The number of nitrogens with zero attached hydrogens (tertiary/aromatic N) is 2. The second-order valence-electron chi connectivity index (χ2n) is 6.75. The van der Waals surface area contributed by atoms with Crippen LogP contribution in [0.4, 0.5) is 0 Å². The summed E-state index contributed by atoms with van der Waals surface area (Å²) in [7, 11) is 0. The predicted molar refractivity (Wildman–Crippen MR) is 115 cm³/mol. The first kappa shape index (κ1) is 18.5. The molecule has 4 heteroatoms. The Balaban J connectivity index is 1.78. The molecule has 4 nitrogen and oxygen atoms in total. The molecule has 0 aliphatic heterocycles. The Morgan fingerprint density at radius 1 is 1.03 bits per heavy atom. The normalized spacial score (nSPS) is 11.5. The van der Waals surface area contributed by atoms with Gasteiger partial charge in [0, 0.05) is 18.4 Å². The first-order chi connectivity index (χ1) is 14.2. The van der Waals surface area contributed by atoms with Crippen molar-refractivity contribution in [2.24, 2.45) is 0 Å². The zero-order valence-electron chi connectivity index (χ0n) is 16.1. The Hall–Kier alpha value is -3.84. The van der Waals surface area contributed by atoms with Gasteiger partial charge in [-0.2, -0.15) is 5.26 Å². The number of ether oxygens (including phenoxy) is 1. The molecule has 0 unspecified atom stereocenters. The molecule has 0 bridgehead atoms. The number of nitriles is 1. The van der Waals surface area contributed by atoms with Gasteiger partial charge in [-0.3, -0.25) is 0 Å². The summed E-state index contributed by atoms with van der Waals surface area (Å²) in [5, 5.41) is 14.2.